The molecule has 0 saturated carbocycles. The number of rotatable bonds is 8. The van der Waals surface area contributed by atoms with E-state index in [1.54, 1.807) is 6.07 Å². The molecule has 0 bridgehead atoms. The molecular weight excluding hydrogens is 346 g/mol. The lowest BCUT2D eigenvalue weighted by Crippen LogP contribution is -2.29. The molecule has 0 radical (unpaired) electrons. The van der Waals surface area contributed by atoms with Crippen LogP contribution in [0.1, 0.15) is 31.6 Å². The van der Waals surface area contributed by atoms with Crippen molar-refractivity contribution in [1.82, 2.24) is 9.62 Å². The molecule has 1 fully saturated rings. The van der Waals surface area contributed by atoms with Crippen LogP contribution in [-0.4, -0.2) is 44.8 Å². The molecule has 0 aliphatic carbocycles. The maximum absolute atomic E-state index is 12.6. The number of carbonyl (C=O) groups is 1. The molecule has 2 heterocycles. The molecule has 1 aliphatic rings. The fourth-order valence-corrected chi connectivity index (χ4v) is 5.77. The van der Waals surface area contributed by atoms with Crippen LogP contribution >= 0.6 is 11.3 Å². The highest BCUT2D eigenvalue weighted by Gasteiger charge is 2.32. The van der Waals surface area contributed by atoms with Gasteiger partial charge in [0, 0.05) is 30.9 Å². The van der Waals surface area contributed by atoms with Crippen molar-refractivity contribution in [3.05, 3.63) is 17.0 Å². The zero-order valence-corrected chi connectivity index (χ0v) is 16.0. The first-order valence-corrected chi connectivity index (χ1v) is 10.6. The molecule has 0 spiro atoms. The molecule has 1 aliphatic heterocycles. The van der Waals surface area contributed by atoms with Gasteiger partial charge >= 0.3 is 0 Å². The third kappa shape index (κ3) is 5.02. The lowest BCUT2D eigenvalue weighted by atomic mass is 10.1. The summed E-state index contributed by atoms with van der Waals surface area (Å²) in [6.07, 6.45) is 1.99. The maximum Gasteiger partial charge on any atom is 0.252 e. The Morgan fingerprint density at radius 1 is 1.46 bits per heavy atom. The van der Waals surface area contributed by atoms with Crippen molar-refractivity contribution in [3.63, 3.8) is 0 Å². The maximum atomic E-state index is 12.6. The molecule has 2 rings (SSSR count). The van der Waals surface area contributed by atoms with Gasteiger partial charge in [0.05, 0.1) is 0 Å². The Labute approximate surface area is 148 Å². The predicted molar refractivity (Wildman–Crippen MR) is 96.4 cm³/mol. The molecule has 3 N–H and O–H groups in total. The number of amides is 1. The first kappa shape index (κ1) is 19.4. The average Bonchev–Trinajstić information content (AvgIpc) is 3.16. The number of nitrogens with one attached hydrogen (secondary N) is 1. The highest BCUT2D eigenvalue weighted by atomic mass is 32.2. The lowest BCUT2D eigenvalue weighted by molar-refractivity contribution is -0.121. The normalized spacial score (nSPS) is 19.1. The molecule has 1 unspecified atom stereocenters. The zero-order chi connectivity index (χ0) is 17.7. The third-order valence-corrected chi connectivity index (χ3v) is 7.58. The van der Waals surface area contributed by atoms with E-state index in [4.69, 9.17) is 5.73 Å². The van der Waals surface area contributed by atoms with Crippen molar-refractivity contribution in [2.75, 3.05) is 26.2 Å². The van der Waals surface area contributed by atoms with Gasteiger partial charge in [0.1, 0.15) is 4.21 Å². The summed E-state index contributed by atoms with van der Waals surface area (Å²) in [6, 6.07) is 3.50. The van der Waals surface area contributed by atoms with Gasteiger partial charge in [-0.2, -0.15) is 4.31 Å². The van der Waals surface area contributed by atoms with Gasteiger partial charge < -0.3 is 11.1 Å². The highest BCUT2D eigenvalue weighted by Crippen LogP contribution is 2.28. The predicted octanol–water partition coefficient (Wildman–Crippen LogP) is 1.42. The van der Waals surface area contributed by atoms with Gasteiger partial charge in [0.2, 0.25) is 5.91 Å². The Hall–Kier alpha value is -0.960. The molecule has 6 nitrogen and oxygen atoms in total. The van der Waals surface area contributed by atoms with Crippen LogP contribution in [-0.2, 0) is 21.2 Å². The minimum Gasteiger partial charge on any atom is -0.356 e. The lowest BCUT2D eigenvalue weighted by Gasteiger charge is -2.14. The molecule has 0 aromatic carbocycles. The van der Waals surface area contributed by atoms with E-state index in [1.165, 1.54) is 15.6 Å². The van der Waals surface area contributed by atoms with E-state index >= 15 is 0 Å². The second kappa shape index (κ2) is 8.42. The van der Waals surface area contributed by atoms with Crippen molar-refractivity contribution < 1.29 is 13.2 Å². The number of thiophene rings is 1. The Balaban J connectivity index is 1.89. The number of nitrogens with two attached hydrogens (primary N) is 1. The quantitative estimate of drug-likeness (QED) is 0.721. The van der Waals surface area contributed by atoms with Crippen LogP contribution in [0.4, 0.5) is 0 Å². The summed E-state index contributed by atoms with van der Waals surface area (Å²) in [5.41, 5.74) is 5.64. The standard InChI is InChI=1S/C16H27N3O3S2/c1-12(2)9-15(20)18-7-5-14-3-4-16(23-14)24(21,22)19-8-6-13(10-17)11-19/h3-4,12-13H,5-11,17H2,1-2H3,(H,18,20). The summed E-state index contributed by atoms with van der Waals surface area (Å²) in [5.74, 6) is 0.635. The molecule has 1 amide bonds. The van der Waals surface area contributed by atoms with Gasteiger partial charge in [-0.05, 0) is 43.4 Å². The van der Waals surface area contributed by atoms with Crippen molar-refractivity contribution in [3.8, 4) is 0 Å². The first-order chi connectivity index (χ1) is 11.3. The van der Waals surface area contributed by atoms with E-state index in [0.717, 1.165) is 11.3 Å². The Morgan fingerprint density at radius 2 is 2.21 bits per heavy atom. The average molecular weight is 374 g/mol. The van der Waals surface area contributed by atoms with Gasteiger partial charge in [-0.15, -0.1) is 11.3 Å². The second-order valence-electron chi connectivity index (χ2n) is 6.67. The fraction of sp³-hybridized carbons (Fsp3) is 0.688. The first-order valence-electron chi connectivity index (χ1n) is 8.38. The van der Waals surface area contributed by atoms with E-state index in [-0.39, 0.29) is 11.8 Å². The number of sulfonamides is 1. The van der Waals surface area contributed by atoms with Crippen LogP contribution in [0.15, 0.2) is 16.3 Å². The molecule has 1 atom stereocenters. The Morgan fingerprint density at radius 3 is 2.83 bits per heavy atom. The van der Waals surface area contributed by atoms with Crippen LogP contribution in [0.25, 0.3) is 0 Å². The molecule has 1 saturated heterocycles. The third-order valence-electron chi connectivity index (χ3n) is 4.10. The molecule has 24 heavy (non-hydrogen) atoms. The van der Waals surface area contributed by atoms with Gasteiger partial charge in [0.15, 0.2) is 0 Å². The van der Waals surface area contributed by atoms with Crippen molar-refractivity contribution in [2.45, 2.75) is 37.3 Å². The minimum atomic E-state index is -3.41. The van der Waals surface area contributed by atoms with Crippen LogP contribution in [0.5, 0.6) is 0 Å². The van der Waals surface area contributed by atoms with Crippen LogP contribution in [0, 0.1) is 11.8 Å². The van der Waals surface area contributed by atoms with E-state index in [2.05, 4.69) is 5.32 Å². The number of hydrogen-bond donors (Lipinski definition) is 2. The number of hydrogen-bond acceptors (Lipinski definition) is 5. The Kier molecular flexibility index (Phi) is 6.79. The van der Waals surface area contributed by atoms with Gasteiger partial charge in [-0.1, -0.05) is 13.8 Å². The van der Waals surface area contributed by atoms with E-state index in [9.17, 15) is 13.2 Å². The van der Waals surface area contributed by atoms with Gasteiger partial charge in [0.25, 0.3) is 10.0 Å². The molecule has 136 valence electrons. The van der Waals surface area contributed by atoms with E-state index in [0.29, 0.717) is 49.1 Å². The van der Waals surface area contributed by atoms with Crippen molar-refractivity contribution in [1.29, 1.82) is 0 Å². The summed E-state index contributed by atoms with van der Waals surface area (Å²) in [4.78, 5) is 12.6. The fourth-order valence-electron chi connectivity index (χ4n) is 2.73. The second-order valence-corrected chi connectivity index (χ2v) is 10.0. The topological polar surface area (TPSA) is 92.5 Å². The molecule has 8 heteroatoms. The monoisotopic (exact) mass is 373 g/mol. The van der Waals surface area contributed by atoms with Gasteiger partial charge in [-0.25, -0.2) is 8.42 Å². The number of carbonyl (C=O) groups excluding carboxylic acids is 1. The van der Waals surface area contributed by atoms with Crippen LogP contribution in [0.2, 0.25) is 0 Å². The SMILES string of the molecule is CC(C)CC(=O)NCCc1ccc(S(=O)(=O)N2CCC(CN)C2)s1. The summed E-state index contributed by atoms with van der Waals surface area (Å²) in [5, 5.41) is 2.87. The van der Waals surface area contributed by atoms with Crippen LogP contribution < -0.4 is 11.1 Å². The van der Waals surface area contributed by atoms with Crippen molar-refractivity contribution in [2.24, 2.45) is 17.6 Å². The smallest absolute Gasteiger partial charge is 0.252 e. The molecule has 1 aromatic heterocycles. The zero-order valence-electron chi connectivity index (χ0n) is 14.3. The summed E-state index contributed by atoms with van der Waals surface area (Å²) in [6.45, 7) is 6.12. The van der Waals surface area contributed by atoms with Crippen LogP contribution in [0.3, 0.4) is 0 Å². The van der Waals surface area contributed by atoms with Gasteiger partial charge in [-0.3, -0.25) is 4.79 Å². The highest BCUT2D eigenvalue weighted by molar-refractivity contribution is 7.91. The minimum absolute atomic E-state index is 0.0410. The summed E-state index contributed by atoms with van der Waals surface area (Å²) >= 11 is 1.29. The molecular formula is C16H27N3O3S2. The largest absolute Gasteiger partial charge is 0.356 e. The number of nitrogens with zero attached hydrogens (tertiary/aromatic N) is 1. The van der Waals surface area contributed by atoms with E-state index in [1.807, 2.05) is 19.9 Å². The molecule has 1 aromatic rings. The van der Waals surface area contributed by atoms with Crippen molar-refractivity contribution >= 4 is 27.3 Å². The summed E-state index contributed by atoms with van der Waals surface area (Å²) < 4.78 is 27.2. The Bertz CT molecular complexity index is 655. The van der Waals surface area contributed by atoms with E-state index < -0.39 is 10.0 Å². The summed E-state index contributed by atoms with van der Waals surface area (Å²) in [7, 11) is -3.41.